The van der Waals surface area contributed by atoms with Gasteiger partial charge in [-0.3, -0.25) is 73.3 Å². The second-order valence-corrected chi connectivity index (χ2v) is 26.9. The van der Waals surface area contributed by atoms with E-state index >= 15 is 0 Å². The number of imidazole rings is 1. The average Bonchev–Trinajstić information content (AvgIpc) is 1.61. The molecule has 0 fully saturated rings. The number of anilines is 8. The molecule has 11 rings (SSSR count). The van der Waals surface area contributed by atoms with Crippen LogP contribution in [0.1, 0.15) is 118 Å². The number of carbonyl (C=O) groups is 9. The van der Waals surface area contributed by atoms with Gasteiger partial charge in [0.25, 0.3) is 29.1 Å². The number of fused-ring (bicyclic) bond motifs is 1. The number of ether oxygens (including phenoxy) is 4. The number of aromatic nitrogens is 6. The fourth-order valence-corrected chi connectivity index (χ4v) is 11.8. The van der Waals surface area contributed by atoms with Gasteiger partial charge in [-0.15, -0.1) is 12.4 Å². The standard InChI is InChI=1S/C28H27N5O3.C18H20N4O5.C18H22N4O3.C10H14N2O2.C10H9NO2.C8H8N2O4.ClH/c1-4-36-27(34)16-18-33(25-7-5-6-17-30-25)28(35)21-11-14-24-23(19-21)31-26(32(24)3)15-10-20-8-12-22(29-2)13-9-20;1-3-27-17(23)9-11-21(16-6-4-5-10-20-16)18(24)13-7-8-14(19-2)15(12-13)22(25)26;1-3-25-17(23)9-11-22(16-6-4-5-10-21-16)18(24)13-7-8-15(20-2)14(19)12-13;1-2-14-10(13)6-8-12-9-5-3-4-7-11-9;1-11-9-5-2-8(3-6-9)4-7-10(12)13;1-9-6-3-2-5(8(11)12)4-7(6)10(13)14;/h5-9,11-14,17,19H,4,10,15-16,18H2,1,3H3;4-8,10,12,19H,3,9,11H2,1-2H3;4-8,10,12,20H,3,9,11,19H2,1-2H3;3-5,7H,2,6,8H2,1H3,(H,11,12);2-3,5-6H,4,7H2,(H,12,13);2-4,9H,1H3,(H,11,12);1H. The first-order valence-electron chi connectivity index (χ1n) is 40.4. The number of pyridine rings is 4. The molecule has 37 nitrogen and oxygen atoms in total. The van der Waals surface area contributed by atoms with Crippen LogP contribution in [0.3, 0.4) is 0 Å². The number of rotatable bonds is 35. The molecule has 11 aromatic rings. The van der Waals surface area contributed by atoms with Crippen molar-refractivity contribution in [2.75, 3.05) is 115 Å². The van der Waals surface area contributed by atoms with Gasteiger partial charge in [-0.1, -0.05) is 78.4 Å². The molecule has 0 bridgehead atoms. The molecule has 0 aliphatic carbocycles. The normalized spacial score (nSPS) is 9.98. The molecule has 680 valence electrons. The van der Waals surface area contributed by atoms with Crippen molar-refractivity contribution in [3.8, 4) is 0 Å². The smallest absolute Gasteiger partial charge is 0.335 e. The van der Waals surface area contributed by atoms with Gasteiger partial charge >= 0.3 is 35.8 Å². The van der Waals surface area contributed by atoms with Gasteiger partial charge in [-0.25, -0.2) is 39.4 Å². The minimum absolute atomic E-state index is 0. The lowest BCUT2D eigenvalue weighted by atomic mass is 10.1. The van der Waals surface area contributed by atoms with E-state index in [9.17, 15) is 63.4 Å². The first-order valence-corrected chi connectivity index (χ1v) is 40.4. The molecule has 3 amide bonds. The zero-order chi connectivity index (χ0) is 94.2. The van der Waals surface area contributed by atoms with Gasteiger partial charge < -0.3 is 60.7 Å². The first-order chi connectivity index (χ1) is 62.1. The molecular weight excluding hydrogens is 1700 g/mol. The van der Waals surface area contributed by atoms with Crippen molar-refractivity contribution in [2.45, 2.75) is 79.1 Å². The van der Waals surface area contributed by atoms with Crippen molar-refractivity contribution >= 4 is 146 Å². The number of carbonyl (C=O) groups excluding carboxylic acids is 7. The summed E-state index contributed by atoms with van der Waals surface area (Å²) < 4.78 is 21.7. The number of carboxylic acid groups (broad SMARTS) is 2. The Morgan fingerprint density at radius 3 is 1.21 bits per heavy atom. The Balaban J connectivity index is 0.000000287. The van der Waals surface area contributed by atoms with E-state index in [1.165, 1.54) is 58.3 Å². The van der Waals surface area contributed by atoms with E-state index in [0.29, 0.717) is 96.2 Å². The summed E-state index contributed by atoms with van der Waals surface area (Å²) in [7, 11) is 6.81. The van der Waals surface area contributed by atoms with Crippen LogP contribution in [0.25, 0.3) is 20.7 Å². The Kier molecular flexibility index (Phi) is 44.8. The average molecular weight is 1800 g/mol. The molecule has 38 heteroatoms. The molecule has 0 unspecified atom stereocenters. The molecule has 5 aromatic heterocycles. The summed E-state index contributed by atoms with van der Waals surface area (Å²) >= 11 is 0. The van der Waals surface area contributed by atoms with Crippen LogP contribution in [-0.2, 0) is 69.2 Å². The Bertz CT molecular complexity index is 5660. The highest BCUT2D eigenvalue weighted by molar-refractivity contribution is 6.09. The largest absolute Gasteiger partial charge is 0.481 e. The molecule has 6 aromatic carbocycles. The van der Waals surface area contributed by atoms with Crippen LogP contribution in [0.2, 0.25) is 0 Å². The van der Waals surface area contributed by atoms with Gasteiger partial charge in [0.1, 0.15) is 40.5 Å². The number of aryl methyl sites for hydroxylation is 4. The lowest BCUT2D eigenvalue weighted by Gasteiger charge is -2.22. The predicted octanol–water partition coefficient (Wildman–Crippen LogP) is 15.3. The number of nitrogens with zero attached hydrogens (tertiary/aromatic N) is 13. The molecule has 0 aliphatic rings. The van der Waals surface area contributed by atoms with Crippen LogP contribution in [0.5, 0.6) is 0 Å². The zero-order valence-electron chi connectivity index (χ0n) is 72.7. The summed E-state index contributed by atoms with van der Waals surface area (Å²) in [6, 6.07) is 54.1. The van der Waals surface area contributed by atoms with E-state index in [1.807, 2.05) is 60.1 Å². The maximum Gasteiger partial charge on any atom is 0.335 e. The number of nitrogens with one attached hydrogen (secondary N) is 4. The lowest BCUT2D eigenvalue weighted by molar-refractivity contribution is -0.384. The number of hydrogen-bond donors (Lipinski definition) is 7. The summed E-state index contributed by atoms with van der Waals surface area (Å²) in [6.45, 7) is 23.0. The minimum Gasteiger partial charge on any atom is -0.481 e. The number of amides is 3. The number of carboxylic acids is 2. The highest BCUT2D eigenvalue weighted by Crippen LogP contribution is 2.30. The second-order valence-electron chi connectivity index (χ2n) is 26.9. The minimum atomic E-state index is -1.18. The number of nitro benzene ring substituents is 2. The highest BCUT2D eigenvalue weighted by atomic mass is 35.5. The number of nitrogen functional groups attached to an aromatic ring is 1. The third-order valence-corrected chi connectivity index (χ3v) is 18.3. The molecule has 8 N–H and O–H groups in total. The SMILES string of the molecule is CCOC(=O)CCN(C(=O)c1ccc(NC)c(N)c1)c1ccccn1.CCOC(=O)CCN(C(=O)c1ccc(NC)c([N+](=O)[O-])c1)c1ccccn1.CCOC(=O)CCNc1ccccn1.CNc1ccc(C(=O)O)cc1[N+](=O)[O-].Cl.[C-]#[N+]c1ccc(CCC(=O)O)cc1.[C-]#[N+]c1ccc(CCc2nc3cc(C(=O)N(CCC(=O)OCC)c4ccccn4)ccc3n2C)cc1. The predicted molar refractivity (Wildman–Crippen MR) is 495 cm³/mol. The van der Waals surface area contributed by atoms with Crippen LogP contribution in [0, 0.1) is 33.4 Å². The lowest BCUT2D eigenvalue weighted by Crippen LogP contribution is -2.34. The summed E-state index contributed by atoms with van der Waals surface area (Å²) in [4.78, 5) is 159. The van der Waals surface area contributed by atoms with E-state index in [0.717, 1.165) is 58.4 Å². The van der Waals surface area contributed by atoms with Crippen molar-refractivity contribution in [3.63, 3.8) is 0 Å². The maximum absolute atomic E-state index is 13.5. The molecule has 0 atom stereocenters. The summed E-state index contributed by atoms with van der Waals surface area (Å²) in [6.07, 6.45) is 9.11. The number of aliphatic carboxylic acids is 1. The van der Waals surface area contributed by atoms with Crippen molar-refractivity contribution in [1.82, 2.24) is 29.5 Å². The van der Waals surface area contributed by atoms with Gasteiger partial charge in [-0.2, -0.15) is 0 Å². The zero-order valence-corrected chi connectivity index (χ0v) is 73.5. The molecule has 0 saturated carbocycles. The Hall–Kier alpha value is -16.3. The van der Waals surface area contributed by atoms with E-state index in [1.54, 1.807) is 170 Å². The molecule has 0 aliphatic heterocycles. The van der Waals surface area contributed by atoms with Gasteiger partial charge in [0.05, 0.1) is 103 Å². The summed E-state index contributed by atoms with van der Waals surface area (Å²) in [5, 5.41) is 50.1. The first kappa shape index (κ1) is 104. The highest BCUT2D eigenvalue weighted by Gasteiger charge is 2.27. The number of nitrogens with two attached hydrogens (primary N) is 1. The van der Waals surface area contributed by atoms with Gasteiger partial charge in [0.15, 0.2) is 11.4 Å². The Morgan fingerprint density at radius 2 is 0.838 bits per heavy atom. The molecule has 0 saturated heterocycles. The van der Waals surface area contributed by atoms with Crippen LogP contribution >= 0.6 is 12.4 Å². The number of nitro groups is 2. The van der Waals surface area contributed by atoms with E-state index in [4.69, 9.17) is 53.0 Å². The third-order valence-electron chi connectivity index (χ3n) is 18.3. The van der Waals surface area contributed by atoms with Crippen molar-refractivity contribution in [1.29, 1.82) is 0 Å². The molecule has 130 heavy (non-hydrogen) atoms. The fraction of sp³-hybridized carbons (Fsp3) is 0.261. The van der Waals surface area contributed by atoms with Crippen molar-refractivity contribution in [3.05, 3.63) is 301 Å². The Labute approximate surface area is 756 Å². The molecular formula is C92H101ClN18O19. The third kappa shape index (κ3) is 34.0. The Morgan fingerprint density at radius 1 is 0.462 bits per heavy atom. The number of halogens is 1. The van der Waals surface area contributed by atoms with E-state index in [2.05, 4.69) is 50.9 Å². The summed E-state index contributed by atoms with van der Waals surface area (Å²) in [5.74, 6) is -1.40. The second kappa shape index (κ2) is 55.8. The number of esters is 4. The van der Waals surface area contributed by atoms with Crippen LogP contribution in [0.4, 0.5) is 68.8 Å². The van der Waals surface area contributed by atoms with Crippen molar-refractivity contribution in [2.24, 2.45) is 7.05 Å². The number of hydrogen-bond acceptors (Lipinski definition) is 27. The molecule has 0 spiro atoms. The quantitative estimate of drug-likeness (QED) is 0.00484. The van der Waals surface area contributed by atoms with Gasteiger partial charge in [0, 0.05) is 121 Å². The maximum atomic E-state index is 13.5. The van der Waals surface area contributed by atoms with Crippen LogP contribution in [-0.4, -0.2) is 177 Å². The van der Waals surface area contributed by atoms with E-state index < -0.39 is 33.7 Å². The van der Waals surface area contributed by atoms with Crippen molar-refractivity contribution < 1.29 is 82.2 Å². The number of benzene rings is 6. The molecule has 0 radical (unpaired) electrons. The fourth-order valence-electron chi connectivity index (χ4n) is 11.8. The number of aromatic carboxylic acids is 1. The van der Waals surface area contributed by atoms with Gasteiger partial charge in [-0.05, 0) is 155 Å². The molecule has 5 heterocycles. The van der Waals surface area contributed by atoms with Gasteiger partial charge in [0.2, 0.25) is 0 Å². The topological polar surface area (TPSA) is 479 Å². The van der Waals surface area contributed by atoms with Crippen LogP contribution in [0.15, 0.2) is 219 Å². The summed E-state index contributed by atoms with van der Waals surface area (Å²) in [5.41, 5.74) is 13.2. The van der Waals surface area contributed by atoms with Crippen LogP contribution < -0.4 is 41.7 Å². The monoisotopic (exact) mass is 1800 g/mol. The van der Waals surface area contributed by atoms with E-state index in [-0.39, 0.29) is 117 Å².